The first-order valence-corrected chi connectivity index (χ1v) is 6.15. The number of rotatable bonds is 4. The number of aliphatic carboxylic acids is 1. The van der Waals surface area contributed by atoms with Crippen LogP contribution in [0.15, 0.2) is 0 Å². The van der Waals surface area contributed by atoms with E-state index in [1.165, 1.54) is 0 Å². The molecule has 18 heavy (non-hydrogen) atoms. The molecule has 0 aliphatic carbocycles. The maximum Gasteiger partial charge on any atom is 0.334 e. The largest absolute Gasteiger partial charge is 0.479 e. The van der Waals surface area contributed by atoms with Crippen molar-refractivity contribution in [2.75, 3.05) is 6.54 Å². The van der Waals surface area contributed by atoms with Crippen molar-refractivity contribution >= 4 is 12.0 Å². The number of nitrogens with zero attached hydrogens (tertiary/aromatic N) is 1. The lowest BCUT2D eigenvalue weighted by atomic mass is 10.00. The van der Waals surface area contributed by atoms with Crippen LogP contribution < -0.4 is 10.7 Å². The molecule has 2 unspecified atom stereocenters. The number of aliphatic hydroxyl groups is 1. The van der Waals surface area contributed by atoms with Gasteiger partial charge in [-0.3, -0.25) is 5.43 Å². The molecule has 104 valence electrons. The number of hydrogen-bond acceptors (Lipinski definition) is 4. The third kappa shape index (κ3) is 4.15. The van der Waals surface area contributed by atoms with E-state index in [0.29, 0.717) is 0 Å². The van der Waals surface area contributed by atoms with E-state index < -0.39 is 18.1 Å². The van der Waals surface area contributed by atoms with Gasteiger partial charge in [0.05, 0.1) is 6.54 Å². The molecule has 1 heterocycles. The Bertz CT molecular complexity index is 301. The van der Waals surface area contributed by atoms with Gasteiger partial charge in [-0.25, -0.2) is 14.6 Å². The summed E-state index contributed by atoms with van der Waals surface area (Å²) in [7, 11) is 0. The zero-order valence-electron chi connectivity index (χ0n) is 10.7. The third-order valence-electron chi connectivity index (χ3n) is 3.17. The fourth-order valence-electron chi connectivity index (χ4n) is 2.08. The molecular weight excluding hydrogens is 238 g/mol. The molecular formula is C11H21N3O4. The van der Waals surface area contributed by atoms with Crippen molar-refractivity contribution in [2.24, 2.45) is 0 Å². The number of carboxylic acid groups (broad SMARTS) is 1. The Morgan fingerprint density at radius 2 is 1.89 bits per heavy atom. The van der Waals surface area contributed by atoms with E-state index in [0.717, 1.165) is 19.3 Å². The summed E-state index contributed by atoms with van der Waals surface area (Å²) in [5.74, 6) is -1.35. The molecule has 0 saturated carbocycles. The standard InChI is InChI=1S/C11H21N3O4/c1-7-4-3-5-8(2)14(7)13-11(18)12-6-9(15)10(16)17/h7-9,15H,3-6H2,1-2H3,(H,16,17)(H2,12,13,18)/t7?,8?,9-/m0/s1. The van der Waals surface area contributed by atoms with Crippen LogP contribution in [0.4, 0.5) is 4.79 Å². The summed E-state index contributed by atoms with van der Waals surface area (Å²) >= 11 is 0. The van der Waals surface area contributed by atoms with Crippen molar-refractivity contribution in [2.45, 2.75) is 51.3 Å². The van der Waals surface area contributed by atoms with Gasteiger partial charge in [0, 0.05) is 12.1 Å². The summed E-state index contributed by atoms with van der Waals surface area (Å²) in [6, 6.07) is 0.0173. The molecule has 7 heteroatoms. The number of hydrazine groups is 1. The van der Waals surface area contributed by atoms with Gasteiger partial charge in [0.25, 0.3) is 0 Å². The summed E-state index contributed by atoms with van der Waals surface area (Å²) in [5.41, 5.74) is 2.69. The highest BCUT2D eigenvalue weighted by atomic mass is 16.4. The maximum atomic E-state index is 11.6. The van der Waals surface area contributed by atoms with E-state index in [-0.39, 0.29) is 18.6 Å². The normalized spacial score (nSPS) is 26.4. The molecule has 7 nitrogen and oxygen atoms in total. The van der Waals surface area contributed by atoms with Crippen molar-refractivity contribution < 1.29 is 19.8 Å². The average molecular weight is 259 g/mol. The maximum absolute atomic E-state index is 11.6. The van der Waals surface area contributed by atoms with Crippen LogP contribution in [0.3, 0.4) is 0 Å². The summed E-state index contributed by atoms with van der Waals surface area (Å²) < 4.78 is 0. The number of urea groups is 1. The highest BCUT2D eigenvalue weighted by Crippen LogP contribution is 2.19. The van der Waals surface area contributed by atoms with Crippen molar-refractivity contribution in [3.05, 3.63) is 0 Å². The molecule has 1 fully saturated rings. The molecule has 0 aromatic heterocycles. The molecule has 0 aromatic carbocycles. The lowest BCUT2D eigenvalue weighted by Crippen LogP contribution is -2.57. The number of nitrogens with one attached hydrogen (secondary N) is 2. The number of aliphatic hydroxyl groups excluding tert-OH is 1. The fourth-order valence-corrected chi connectivity index (χ4v) is 2.08. The lowest BCUT2D eigenvalue weighted by Gasteiger charge is -2.38. The Morgan fingerprint density at radius 1 is 1.33 bits per heavy atom. The van der Waals surface area contributed by atoms with Crippen molar-refractivity contribution in [1.82, 2.24) is 15.8 Å². The van der Waals surface area contributed by atoms with E-state index in [1.54, 1.807) is 0 Å². The molecule has 0 radical (unpaired) electrons. The molecule has 0 spiro atoms. The Labute approximate surface area is 106 Å². The number of hydrogen-bond donors (Lipinski definition) is 4. The Morgan fingerprint density at radius 3 is 2.39 bits per heavy atom. The molecule has 1 aliphatic rings. The van der Waals surface area contributed by atoms with Gasteiger partial charge in [-0.2, -0.15) is 0 Å². The van der Waals surface area contributed by atoms with Gasteiger partial charge >= 0.3 is 12.0 Å². The van der Waals surface area contributed by atoms with Crippen molar-refractivity contribution in [1.29, 1.82) is 0 Å². The van der Waals surface area contributed by atoms with Gasteiger partial charge in [-0.15, -0.1) is 0 Å². The smallest absolute Gasteiger partial charge is 0.334 e. The highest BCUT2D eigenvalue weighted by Gasteiger charge is 2.26. The van der Waals surface area contributed by atoms with Crippen LogP contribution in [0.1, 0.15) is 33.1 Å². The number of piperidine rings is 1. The van der Waals surface area contributed by atoms with Gasteiger partial charge in [-0.1, -0.05) is 6.42 Å². The van der Waals surface area contributed by atoms with Crippen LogP contribution >= 0.6 is 0 Å². The first-order valence-electron chi connectivity index (χ1n) is 6.15. The Balaban J connectivity index is 2.37. The second-order valence-corrected chi connectivity index (χ2v) is 4.71. The van der Waals surface area contributed by atoms with Crippen molar-refractivity contribution in [3.8, 4) is 0 Å². The average Bonchev–Trinajstić information content (AvgIpc) is 2.30. The number of carbonyl (C=O) groups excluding carboxylic acids is 1. The minimum Gasteiger partial charge on any atom is -0.479 e. The quantitative estimate of drug-likeness (QED) is 0.565. The monoisotopic (exact) mass is 259 g/mol. The van der Waals surface area contributed by atoms with Crippen LogP contribution in [-0.4, -0.2) is 52.0 Å². The molecule has 1 rings (SSSR count). The second kappa shape index (κ2) is 6.55. The van der Waals surface area contributed by atoms with Crippen LogP contribution in [-0.2, 0) is 4.79 Å². The van der Waals surface area contributed by atoms with E-state index >= 15 is 0 Å². The SMILES string of the molecule is CC1CCCC(C)N1NC(=O)NC[C@H](O)C(=O)O. The van der Waals surface area contributed by atoms with Gasteiger partial charge in [0.2, 0.25) is 0 Å². The van der Waals surface area contributed by atoms with Gasteiger partial charge < -0.3 is 15.5 Å². The van der Waals surface area contributed by atoms with E-state index in [2.05, 4.69) is 10.7 Å². The van der Waals surface area contributed by atoms with Crippen LogP contribution in [0.2, 0.25) is 0 Å². The zero-order valence-corrected chi connectivity index (χ0v) is 10.7. The molecule has 3 atom stereocenters. The zero-order chi connectivity index (χ0) is 13.7. The fraction of sp³-hybridized carbons (Fsp3) is 0.818. The van der Waals surface area contributed by atoms with Crippen molar-refractivity contribution in [3.63, 3.8) is 0 Å². The van der Waals surface area contributed by atoms with E-state index in [9.17, 15) is 9.59 Å². The minimum atomic E-state index is -1.58. The summed E-state index contributed by atoms with van der Waals surface area (Å²) in [6.07, 6.45) is 1.59. The van der Waals surface area contributed by atoms with E-state index in [4.69, 9.17) is 10.2 Å². The molecule has 0 aromatic rings. The predicted octanol–water partition coefficient (Wildman–Crippen LogP) is -0.0910. The molecule has 1 aliphatic heterocycles. The van der Waals surface area contributed by atoms with Crippen LogP contribution in [0.25, 0.3) is 0 Å². The topological polar surface area (TPSA) is 102 Å². The summed E-state index contributed by atoms with van der Waals surface area (Å²) in [4.78, 5) is 21.9. The summed E-state index contributed by atoms with van der Waals surface area (Å²) in [6.45, 7) is 3.75. The third-order valence-corrected chi connectivity index (χ3v) is 3.17. The van der Waals surface area contributed by atoms with Gasteiger partial charge in [0.15, 0.2) is 6.10 Å². The molecule has 1 saturated heterocycles. The van der Waals surface area contributed by atoms with Crippen LogP contribution in [0, 0.1) is 0 Å². The number of carbonyl (C=O) groups is 2. The first kappa shape index (κ1) is 14.7. The Hall–Kier alpha value is -1.34. The summed E-state index contributed by atoms with van der Waals surface area (Å²) in [5, 5.41) is 21.7. The lowest BCUT2D eigenvalue weighted by molar-refractivity contribution is -0.146. The molecule has 2 amide bonds. The van der Waals surface area contributed by atoms with E-state index in [1.807, 2.05) is 18.9 Å². The Kier molecular flexibility index (Phi) is 5.36. The highest BCUT2D eigenvalue weighted by molar-refractivity contribution is 5.76. The predicted molar refractivity (Wildman–Crippen MR) is 64.8 cm³/mol. The van der Waals surface area contributed by atoms with Crippen LogP contribution in [0.5, 0.6) is 0 Å². The molecule has 0 bridgehead atoms. The number of carboxylic acids is 1. The van der Waals surface area contributed by atoms with Gasteiger partial charge in [-0.05, 0) is 26.7 Å². The van der Waals surface area contributed by atoms with Gasteiger partial charge in [0.1, 0.15) is 0 Å². The number of amides is 2. The minimum absolute atomic E-state index is 0.254. The second-order valence-electron chi connectivity index (χ2n) is 4.71. The molecule has 4 N–H and O–H groups in total. The first-order chi connectivity index (χ1) is 8.41.